The van der Waals surface area contributed by atoms with Gasteiger partial charge in [-0.2, -0.15) is 4.31 Å². The van der Waals surface area contributed by atoms with Crippen molar-refractivity contribution in [2.45, 2.75) is 24.3 Å². The van der Waals surface area contributed by atoms with Gasteiger partial charge in [0, 0.05) is 30.6 Å². The first kappa shape index (κ1) is 19.9. The van der Waals surface area contributed by atoms with E-state index in [0.717, 1.165) is 16.9 Å². The Morgan fingerprint density at radius 3 is 2.66 bits per heavy atom. The quantitative estimate of drug-likeness (QED) is 0.827. The SMILES string of the molecule is Cc1ccc(S(=O)(=O)N2CCOCC2)cc1C(=O)N[C@@H]1CCOc2ccccc21. The summed E-state index contributed by atoms with van der Waals surface area (Å²) in [6.45, 7) is 3.71. The van der Waals surface area contributed by atoms with E-state index in [1.165, 1.54) is 10.4 Å². The number of benzene rings is 2. The number of para-hydroxylation sites is 1. The molecule has 0 unspecified atom stereocenters. The standard InChI is InChI=1S/C21H24N2O5S/c1-15-6-7-16(29(25,26)23-9-12-27-13-10-23)14-18(15)21(24)22-19-8-11-28-20-5-3-2-4-17(19)20/h2-7,14,19H,8-13H2,1H3,(H,22,24)/t19-/m1/s1. The summed E-state index contributed by atoms with van der Waals surface area (Å²) in [5.41, 5.74) is 2.02. The zero-order valence-electron chi connectivity index (χ0n) is 16.3. The molecule has 1 atom stereocenters. The first-order chi connectivity index (χ1) is 14.0. The van der Waals surface area contributed by atoms with Crippen molar-refractivity contribution in [1.82, 2.24) is 9.62 Å². The fraction of sp³-hybridized carbons (Fsp3) is 0.381. The molecule has 2 aromatic rings. The van der Waals surface area contributed by atoms with Crippen molar-refractivity contribution in [3.63, 3.8) is 0 Å². The van der Waals surface area contributed by atoms with Crippen LogP contribution in [0, 0.1) is 6.92 Å². The van der Waals surface area contributed by atoms with Crippen LogP contribution >= 0.6 is 0 Å². The molecule has 8 heteroatoms. The molecular weight excluding hydrogens is 392 g/mol. The van der Waals surface area contributed by atoms with Gasteiger partial charge in [0.2, 0.25) is 10.0 Å². The maximum atomic E-state index is 13.0. The normalized spacial score (nSPS) is 19.8. The minimum absolute atomic E-state index is 0.127. The van der Waals surface area contributed by atoms with Crippen molar-refractivity contribution in [2.24, 2.45) is 0 Å². The molecule has 1 amide bonds. The molecule has 1 saturated heterocycles. The van der Waals surface area contributed by atoms with Gasteiger partial charge in [-0.1, -0.05) is 24.3 Å². The number of rotatable bonds is 4. The van der Waals surface area contributed by atoms with Crippen molar-refractivity contribution in [3.8, 4) is 5.75 Å². The Bertz CT molecular complexity index is 1020. The molecule has 29 heavy (non-hydrogen) atoms. The number of carbonyl (C=O) groups is 1. The van der Waals surface area contributed by atoms with Gasteiger partial charge in [0.15, 0.2) is 0 Å². The fourth-order valence-corrected chi connectivity index (χ4v) is 5.10. The average Bonchev–Trinajstić information content (AvgIpc) is 2.75. The highest BCUT2D eigenvalue weighted by Gasteiger charge is 2.28. The van der Waals surface area contributed by atoms with Crippen LogP contribution in [0.5, 0.6) is 5.75 Å². The number of aryl methyl sites for hydroxylation is 1. The lowest BCUT2D eigenvalue weighted by atomic mass is 9.99. The van der Waals surface area contributed by atoms with Crippen LogP contribution in [0.25, 0.3) is 0 Å². The Kier molecular flexibility index (Phi) is 5.58. The van der Waals surface area contributed by atoms with Gasteiger partial charge < -0.3 is 14.8 Å². The molecule has 2 aliphatic rings. The summed E-state index contributed by atoms with van der Waals surface area (Å²) in [5.74, 6) is 0.479. The number of carbonyl (C=O) groups excluding carboxylic acids is 1. The van der Waals surface area contributed by atoms with Crippen molar-refractivity contribution in [3.05, 3.63) is 59.2 Å². The maximum absolute atomic E-state index is 13.0. The van der Waals surface area contributed by atoms with Crippen LogP contribution in [0.2, 0.25) is 0 Å². The summed E-state index contributed by atoms with van der Waals surface area (Å²) in [6, 6.07) is 12.2. The number of nitrogens with zero attached hydrogens (tertiary/aromatic N) is 1. The van der Waals surface area contributed by atoms with Gasteiger partial charge in [0.25, 0.3) is 5.91 Å². The number of hydrogen-bond donors (Lipinski definition) is 1. The molecule has 0 aromatic heterocycles. The molecule has 2 aromatic carbocycles. The lowest BCUT2D eigenvalue weighted by Gasteiger charge is -2.27. The second-order valence-electron chi connectivity index (χ2n) is 7.19. The van der Waals surface area contributed by atoms with Crippen LogP contribution < -0.4 is 10.1 Å². The molecule has 0 aliphatic carbocycles. The molecule has 2 heterocycles. The van der Waals surface area contributed by atoms with Gasteiger partial charge in [0.05, 0.1) is 30.8 Å². The van der Waals surface area contributed by atoms with Crippen molar-refractivity contribution in [1.29, 1.82) is 0 Å². The number of sulfonamides is 1. The first-order valence-electron chi connectivity index (χ1n) is 9.68. The number of morpholine rings is 1. The van der Waals surface area contributed by atoms with Crippen LogP contribution in [0.4, 0.5) is 0 Å². The van der Waals surface area contributed by atoms with E-state index in [4.69, 9.17) is 9.47 Å². The summed E-state index contributed by atoms with van der Waals surface area (Å²) < 4.78 is 38.2. The minimum atomic E-state index is -3.66. The Morgan fingerprint density at radius 1 is 1.10 bits per heavy atom. The highest BCUT2D eigenvalue weighted by Crippen LogP contribution is 2.32. The van der Waals surface area contributed by atoms with Crippen LogP contribution in [0.15, 0.2) is 47.4 Å². The van der Waals surface area contributed by atoms with Gasteiger partial charge in [-0.3, -0.25) is 4.79 Å². The molecule has 7 nitrogen and oxygen atoms in total. The minimum Gasteiger partial charge on any atom is -0.493 e. The lowest BCUT2D eigenvalue weighted by molar-refractivity contribution is 0.0730. The van der Waals surface area contributed by atoms with E-state index >= 15 is 0 Å². The predicted molar refractivity (Wildman–Crippen MR) is 108 cm³/mol. The van der Waals surface area contributed by atoms with E-state index in [9.17, 15) is 13.2 Å². The summed E-state index contributed by atoms with van der Waals surface area (Å²) in [4.78, 5) is 13.1. The van der Waals surface area contributed by atoms with Crippen LogP contribution in [0.3, 0.4) is 0 Å². The third-order valence-corrected chi connectivity index (χ3v) is 7.22. The van der Waals surface area contributed by atoms with Gasteiger partial charge in [-0.05, 0) is 30.7 Å². The molecule has 0 spiro atoms. The fourth-order valence-electron chi connectivity index (χ4n) is 3.67. The largest absolute Gasteiger partial charge is 0.493 e. The average molecular weight is 416 g/mol. The zero-order valence-corrected chi connectivity index (χ0v) is 17.1. The number of ether oxygens (including phenoxy) is 2. The van der Waals surface area contributed by atoms with E-state index < -0.39 is 10.0 Å². The molecular formula is C21H24N2O5S. The second kappa shape index (κ2) is 8.14. The van der Waals surface area contributed by atoms with Gasteiger partial charge in [-0.25, -0.2) is 8.42 Å². The zero-order chi connectivity index (χ0) is 20.4. The summed E-state index contributed by atoms with van der Waals surface area (Å²) in [5, 5.41) is 3.04. The monoisotopic (exact) mass is 416 g/mol. The Labute approximate surface area is 170 Å². The highest BCUT2D eigenvalue weighted by atomic mass is 32.2. The van der Waals surface area contributed by atoms with Crippen molar-refractivity contribution < 1.29 is 22.7 Å². The van der Waals surface area contributed by atoms with Crippen LogP contribution in [0.1, 0.15) is 33.9 Å². The third kappa shape index (κ3) is 4.01. The first-order valence-corrected chi connectivity index (χ1v) is 11.1. The number of hydrogen-bond acceptors (Lipinski definition) is 5. The highest BCUT2D eigenvalue weighted by molar-refractivity contribution is 7.89. The molecule has 0 radical (unpaired) electrons. The Balaban J connectivity index is 1.59. The third-order valence-electron chi connectivity index (χ3n) is 5.33. The van der Waals surface area contributed by atoms with Gasteiger partial charge in [-0.15, -0.1) is 0 Å². The molecule has 1 N–H and O–H groups in total. The summed E-state index contributed by atoms with van der Waals surface area (Å²) in [6.07, 6.45) is 0.660. The smallest absolute Gasteiger partial charge is 0.252 e. The summed E-state index contributed by atoms with van der Waals surface area (Å²) in [7, 11) is -3.66. The van der Waals surface area contributed by atoms with E-state index in [1.807, 2.05) is 24.3 Å². The summed E-state index contributed by atoms with van der Waals surface area (Å²) >= 11 is 0. The number of fused-ring (bicyclic) bond motifs is 1. The molecule has 4 rings (SSSR count). The molecule has 0 saturated carbocycles. The van der Waals surface area contributed by atoms with Gasteiger partial charge >= 0.3 is 0 Å². The Morgan fingerprint density at radius 2 is 1.86 bits per heavy atom. The van der Waals surface area contributed by atoms with Crippen molar-refractivity contribution in [2.75, 3.05) is 32.9 Å². The van der Waals surface area contributed by atoms with E-state index in [0.29, 0.717) is 44.9 Å². The van der Waals surface area contributed by atoms with E-state index in [2.05, 4.69) is 5.32 Å². The molecule has 0 bridgehead atoms. The van der Waals surface area contributed by atoms with Crippen LogP contribution in [-0.2, 0) is 14.8 Å². The van der Waals surface area contributed by atoms with Crippen LogP contribution in [-0.4, -0.2) is 51.5 Å². The topological polar surface area (TPSA) is 84.9 Å². The van der Waals surface area contributed by atoms with E-state index in [-0.39, 0.29) is 16.8 Å². The Hall–Kier alpha value is -2.42. The molecule has 2 aliphatic heterocycles. The van der Waals surface area contributed by atoms with E-state index in [1.54, 1.807) is 19.1 Å². The van der Waals surface area contributed by atoms with Crippen molar-refractivity contribution >= 4 is 15.9 Å². The molecule has 1 fully saturated rings. The van der Waals surface area contributed by atoms with Gasteiger partial charge in [0.1, 0.15) is 5.75 Å². The number of amides is 1. The maximum Gasteiger partial charge on any atom is 0.252 e. The second-order valence-corrected chi connectivity index (χ2v) is 9.13. The number of nitrogens with one attached hydrogen (secondary N) is 1. The lowest BCUT2D eigenvalue weighted by Crippen LogP contribution is -2.40. The predicted octanol–water partition coefficient (Wildman–Crippen LogP) is 2.27. The molecule has 154 valence electrons.